The van der Waals surface area contributed by atoms with Crippen LogP contribution < -0.4 is 10.6 Å². The van der Waals surface area contributed by atoms with Crippen LogP contribution in [0.4, 0.5) is 0 Å². The predicted octanol–water partition coefficient (Wildman–Crippen LogP) is 15.3. The molecule has 24 heteroatoms. The highest BCUT2D eigenvalue weighted by Gasteiger charge is 2.53. The highest BCUT2D eigenvalue weighted by Crippen LogP contribution is 2.43. The molecular formula is C78H145N2O21P. The van der Waals surface area contributed by atoms with Crippen LogP contribution in [-0.2, 0) is 71.0 Å². The van der Waals surface area contributed by atoms with Crippen molar-refractivity contribution >= 4 is 43.5 Å². The lowest BCUT2D eigenvalue weighted by atomic mass is 9.95. The summed E-state index contributed by atoms with van der Waals surface area (Å²) in [4.78, 5) is 104. The van der Waals surface area contributed by atoms with Gasteiger partial charge in [-0.3, -0.25) is 33.3 Å². The maximum Gasteiger partial charge on any atom is 0.470 e. The summed E-state index contributed by atoms with van der Waals surface area (Å²) in [5, 5.41) is 51.1. The van der Waals surface area contributed by atoms with Crippen LogP contribution in [0.5, 0.6) is 0 Å². The second-order valence-electron chi connectivity index (χ2n) is 29.1. The fraction of sp³-hybridized carbons (Fsp3) is 0.923. The second kappa shape index (κ2) is 60.6. The normalized spacial score (nSPS) is 21.6. The van der Waals surface area contributed by atoms with E-state index in [0.717, 1.165) is 180 Å². The molecule has 0 aromatic carbocycles. The van der Waals surface area contributed by atoms with Gasteiger partial charge in [-0.25, -0.2) is 4.57 Å². The number of carbonyl (C=O) groups excluding carboxylic acids is 6. The number of phosphoric acid groups is 1. The molecule has 0 bridgehead atoms. The van der Waals surface area contributed by atoms with E-state index >= 15 is 0 Å². The third-order valence-corrected chi connectivity index (χ3v) is 20.1. The van der Waals surface area contributed by atoms with Crippen molar-refractivity contribution in [3.63, 3.8) is 0 Å². The minimum Gasteiger partial charge on any atom is -0.462 e. The zero-order valence-electron chi connectivity index (χ0n) is 64.2. The van der Waals surface area contributed by atoms with Crippen molar-refractivity contribution in [2.24, 2.45) is 0 Å². The maximum atomic E-state index is 14.8. The Morgan fingerprint density at radius 1 is 0.392 bits per heavy atom. The Balaban J connectivity index is 2.58. The molecule has 0 aliphatic carbocycles. The van der Waals surface area contributed by atoms with E-state index in [0.29, 0.717) is 51.4 Å². The van der Waals surface area contributed by atoms with Crippen LogP contribution in [0.15, 0.2) is 0 Å². The van der Waals surface area contributed by atoms with Crippen LogP contribution in [0.2, 0.25) is 0 Å². The van der Waals surface area contributed by atoms with E-state index in [-0.39, 0.29) is 32.1 Å². The molecule has 0 aromatic rings. The highest BCUT2D eigenvalue weighted by atomic mass is 31.2. The van der Waals surface area contributed by atoms with E-state index in [9.17, 15) is 63.5 Å². The average Bonchev–Trinajstić information content (AvgIpc) is 0.784. The lowest BCUT2D eigenvalue weighted by molar-refractivity contribution is -0.297. The zero-order valence-corrected chi connectivity index (χ0v) is 65.1. The summed E-state index contributed by atoms with van der Waals surface area (Å²) in [7, 11) is -5.56. The molecule has 0 aromatic heterocycles. The first kappa shape index (κ1) is 94.7. The molecule has 2 fully saturated rings. The highest BCUT2D eigenvalue weighted by molar-refractivity contribution is 7.46. The molecule has 0 spiro atoms. The van der Waals surface area contributed by atoms with Gasteiger partial charge < -0.3 is 74.0 Å². The van der Waals surface area contributed by atoms with E-state index < -0.39 is 149 Å². The van der Waals surface area contributed by atoms with Gasteiger partial charge in [0.2, 0.25) is 11.8 Å². The Morgan fingerprint density at radius 2 is 0.716 bits per heavy atom. The lowest BCUT2D eigenvalue weighted by Crippen LogP contribution is -2.67. The summed E-state index contributed by atoms with van der Waals surface area (Å²) in [5.41, 5.74) is 0. The number of esters is 4. The van der Waals surface area contributed by atoms with Gasteiger partial charge in [0.15, 0.2) is 18.7 Å². The van der Waals surface area contributed by atoms with Crippen molar-refractivity contribution in [3.05, 3.63) is 0 Å². The zero-order chi connectivity index (χ0) is 75.0. The average molecular weight is 1480 g/mol. The predicted molar refractivity (Wildman–Crippen MR) is 394 cm³/mol. The Labute approximate surface area is 614 Å². The Kier molecular flexibility index (Phi) is 56.3. The fourth-order valence-corrected chi connectivity index (χ4v) is 14.1. The first-order chi connectivity index (χ1) is 49.2. The molecule has 2 saturated heterocycles. The van der Waals surface area contributed by atoms with Crippen molar-refractivity contribution in [2.45, 2.75) is 449 Å². The number of ether oxygens (including phenoxy) is 7. The molecule has 2 heterocycles. The first-order valence-corrected chi connectivity index (χ1v) is 42.4. The number of carbonyl (C=O) groups is 6. The molecule has 23 nitrogen and oxygen atoms in total. The number of rotatable bonds is 66. The maximum absolute atomic E-state index is 14.8. The van der Waals surface area contributed by atoms with Crippen molar-refractivity contribution in [1.29, 1.82) is 0 Å². The summed E-state index contributed by atoms with van der Waals surface area (Å²) >= 11 is 0. The van der Waals surface area contributed by atoms with Crippen molar-refractivity contribution in [1.82, 2.24) is 10.6 Å². The molecule has 0 radical (unpaired) electrons. The van der Waals surface area contributed by atoms with Gasteiger partial charge in [-0.05, 0) is 57.8 Å². The molecule has 8 N–H and O–H groups in total. The van der Waals surface area contributed by atoms with Crippen molar-refractivity contribution in [3.8, 4) is 0 Å². The molecule has 2 aliphatic rings. The van der Waals surface area contributed by atoms with Gasteiger partial charge in [0, 0.05) is 19.3 Å². The van der Waals surface area contributed by atoms with Gasteiger partial charge in [0.1, 0.15) is 60.9 Å². The van der Waals surface area contributed by atoms with Crippen LogP contribution in [0.1, 0.15) is 369 Å². The summed E-state index contributed by atoms with van der Waals surface area (Å²) in [5.74, 6) is -3.92. The van der Waals surface area contributed by atoms with E-state index in [1.54, 1.807) is 0 Å². The van der Waals surface area contributed by atoms with Gasteiger partial charge in [-0.1, -0.05) is 273 Å². The topological polar surface area (TPSA) is 339 Å². The summed E-state index contributed by atoms with van der Waals surface area (Å²) in [6, 6.07) is -3.36. The SMILES string of the molecule is CCCCCCCCCCC[C@H](CC(=O)NC1C(O)OC(COC2OC(CO)C(OP(=O)(O)O)C(OC(=O)C[C@@H](CCCCCCCCCCC)OC(=O)CCCCCCC)C2NC(=O)C[C@@H](CCCCCCCCCCC)OC(=O)CCCCCCC)C(O)C1O)OC(=O)CCCCCCC. The summed E-state index contributed by atoms with van der Waals surface area (Å²) < 4.78 is 60.5. The number of unbranched alkanes of at least 4 members (excludes halogenated alkanes) is 36. The van der Waals surface area contributed by atoms with E-state index in [2.05, 4.69) is 52.2 Å². The van der Waals surface area contributed by atoms with E-state index in [4.69, 9.17) is 37.7 Å². The smallest absolute Gasteiger partial charge is 0.462 e. The number of phosphoric ester groups is 1. The van der Waals surface area contributed by atoms with Gasteiger partial charge in [-0.2, -0.15) is 0 Å². The Bertz CT molecular complexity index is 2190. The standard InChI is InChI=1S/C78H145N2O21P/c1-7-13-19-25-28-31-34-40-43-49-60(95-67(84)52-46-37-22-16-10-4)55-65(82)79-71-74(89)73(88)64(98-77(71)90)59-94-78-72(80-66(83)56-61(96-68(85)53-47-38-23-17-11-5)50-44-41-35-32-29-26-20-14-8-2)76(75(63(58-81)99-78)101-102(91,92)93)100-70(87)57-62(97-69(86)54-48-39-24-18-12-6)51-45-42-36-33-30-27-21-15-9-3/h60-64,71-78,81,88-90H,7-59H2,1-6H3,(H,79,82)(H,80,83)(H2,91,92,93)/t60-,61-,62-,63?,64?,71?,72?,73?,74?,75?,76?,77?,78?/m1/s1. The van der Waals surface area contributed by atoms with Crippen LogP contribution in [-0.4, -0.2) is 159 Å². The number of amides is 2. The minimum absolute atomic E-state index is 0.117. The third-order valence-electron chi connectivity index (χ3n) is 19.6. The monoisotopic (exact) mass is 1480 g/mol. The number of hydrogen-bond donors (Lipinski definition) is 8. The first-order valence-electron chi connectivity index (χ1n) is 40.9. The van der Waals surface area contributed by atoms with E-state index in [1.165, 1.54) is 51.4 Å². The van der Waals surface area contributed by atoms with Crippen LogP contribution in [0.25, 0.3) is 0 Å². The molecule has 0 saturated carbocycles. The van der Waals surface area contributed by atoms with Crippen molar-refractivity contribution < 1.29 is 101 Å². The Morgan fingerprint density at radius 3 is 1.06 bits per heavy atom. The van der Waals surface area contributed by atoms with Crippen LogP contribution in [0, 0.1) is 0 Å². The van der Waals surface area contributed by atoms with E-state index in [1.807, 2.05) is 0 Å². The number of hydrogen-bond acceptors (Lipinski definition) is 19. The number of nitrogens with one attached hydrogen (secondary N) is 2. The van der Waals surface area contributed by atoms with Gasteiger partial charge in [-0.15, -0.1) is 0 Å². The largest absolute Gasteiger partial charge is 0.470 e. The molecule has 2 rings (SSSR count). The van der Waals surface area contributed by atoms with Crippen LogP contribution >= 0.6 is 7.82 Å². The molecule has 102 heavy (non-hydrogen) atoms. The molecule has 2 aliphatic heterocycles. The lowest BCUT2D eigenvalue weighted by Gasteiger charge is -2.46. The quantitative estimate of drug-likeness (QED) is 0.0121. The Hall–Kier alpha value is -3.35. The molecule has 2 amide bonds. The van der Waals surface area contributed by atoms with Crippen molar-refractivity contribution in [2.75, 3.05) is 13.2 Å². The third kappa shape index (κ3) is 46.0. The molecular weight excluding hydrogens is 1330 g/mol. The van der Waals surface area contributed by atoms with Gasteiger partial charge >= 0.3 is 31.7 Å². The number of aliphatic hydroxyl groups excluding tert-OH is 4. The molecule has 598 valence electrons. The summed E-state index contributed by atoms with van der Waals surface area (Å²) in [6.45, 7) is 11.0. The number of aliphatic hydroxyl groups is 4. The molecule has 13 atom stereocenters. The van der Waals surface area contributed by atoms with Gasteiger partial charge in [0.05, 0.1) is 32.5 Å². The summed E-state index contributed by atoms with van der Waals surface area (Å²) in [6.07, 6.45) is 23.8. The fourth-order valence-electron chi connectivity index (χ4n) is 13.5. The minimum atomic E-state index is -5.56. The van der Waals surface area contributed by atoms with Crippen LogP contribution in [0.3, 0.4) is 0 Å². The van der Waals surface area contributed by atoms with Gasteiger partial charge in [0.25, 0.3) is 0 Å². The second-order valence-corrected chi connectivity index (χ2v) is 30.3. The molecule has 10 unspecified atom stereocenters.